The van der Waals surface area contributed by atoms with Gasteiger partial charge in [0.15, 0.2) is 0 Å². The summed E-state index contributed by atoms with van der Waals surface area (Å²) in [7, 11) is 0. The van der Waals surface area contributed by atoms with E-state index in [0.717, 1.165) is 15.8 Å². The van der Waals surface area contributed by atoms with Crippen LogP contribution in [0.1, 0.15) is 37.8 Å². The molecule has 2 aliphatic rings. The molecule has 1 spiro atoms. The second kappa shape index (κ2) is 4.84. The normalized spacial score (nSPS) is 18.5. The summed E-state index contributed by atoms with van der Waals surface area (Å²) in [6.07, 6.45) is 8.39. The van der Waals surface area contributed by atoms with Crippen LogP contribution in [-0.2, 0) is 5.54 Å². The van der Waals surface area contributed by atoms with Crippen LogP contribution >= 0.6 is 15.9 Å². The van der Waals surface area contributed by atoms with Gasteiger partial charge in [0.05, 0.1) is 16.9 Å². The molecule has 0 bridgehead atoms. The van der Waals surface area contributed by atoms with Gasteiger partial charge in [-0.05, 0) is 47.0 Å². The molecule has 0 unspecified atom stereocenters. The average molecular weight is 368 g/mol. The molecule has 1 aliphatic heterocycles. The van der Waals surface area contributed by atoms with Crippen LogP contribution < -0.4 is 5.32 Å². The maximum atomic E-state index is 4.99. The molecule has 1 aliphatic carbocycles. The van der Waals surface area contributed by atoms with Crippen LogP contribution in [0.15, 0.2) is 47.1 Å². The molecule has 1 fully saturated rings. The molecule has 116 valence electrons. The molecule has 0 radical (unpaired) electrons. The number of hydrogen-bond acceptors (Lipinski definition) is 2. The standard InChI is InChI=1S/C19H18BrN3/c20-13-8-9-16-21-17-14-6-2-3-7-15(14)22-19(10-4-1-5-11-19)18(17)23(16)12-13/h2-3,6-9,12,22H,1,4-5,10-11H2. The summed E-state index contributed by atoms with van der Waals surface area (Å²) in [5.74, 6) is 0. The molecule has 3 aromatic rings. The highest BCUT2D eigenvalue weighted by Crippen LogP contribution is 2.49. The van der Waals surface area contributed by atoms with Crippen LogP contribution in [0.3, 0.4) is 0 Å². The number of nitrogens with zero attached hydrogens (tertiary/aromatic N) is 2. The molecule has 1 aromatic carbocycles. The van der Waals surface area contributed by atoms with Crippen LogP contribution in [0.4, 0.5) is 5.69 Å². The minimum atomic E-state index is 0.0160. The van der Waals surface area contributed by atoms with Crippen molar-refractivity contribution in [2.45, 2.75) is 37.6 Å². The average Bonchev–Trinajstić information content (AvgIpc) is 2.96. The summed E-state index contributed by atoms with van der Waals surface area (Å²) in [6, 6.07) is 12.7. The van der Waals surface area contributed by atoms with Crippen molar-refractivity contribution in [3.63, 3.8) is 0 Å². The molecule has 3 nitrogen and oxygen atoms in total. The summed E-state index contributed by atoms with van der Waals surface area (Å²) in [6.45, 7) is 0. The highest BCUT2D eigenvalue weighted by molar-refractivity contribution is 9.10. The van der Waals surface area contributed by atoms with Crippen molar-refractivity contribution in [3.05, 3.63) is 52.8 Å². The van der Waals surface area contributed by atoms with Crippen molar-refractivity contribution < 1.29 is 0 Å². The lowest BCUT2D eigenvalue weighted by Crippen LogP contribution is -2.41. The number of hydrogen-bond donors (Lipinski definition) is 1. The summed E-state index contributed by atoms with van der Waals surface area (Å²) in [5, 5.41) is 3.89. The number of halogens is 1. The summed E-state index contributed by atoms with van der Waals surface area (Å²) in [5.41, 5.74) is 5.98. The van der Waals surface area contributed by atoms with Crippen LogP contribution in [0, 0.1) is 0 Å². The SMILES string of the molecule is Brc1ccc2nc3c(n2c1)C1(CCCCC1)Nc1ccccc1-3. The Balaban J connectivity index is 1.87. The predicted molar refractivity (Wildman–Crippen MR) is 96.7 cm³/mol. The number of benzene rings is 1. The Bertz CT molecular complexity index is 906. The fourth-order valence-electron chi connectivity index (χ4n) is 4.30. The molecular formula is C19H18BrN3. The number of anilines is 1. The number of imidazole rings is 1. The van der Waals surface area contributed by atoms with Gasteiger partial charge in [-0.1, -0.05) is 37.5 Å². The zero-order valence-electron chi connectivity index (χ0n) is 12.8. The maximum absolute atomic E-state index is 4.99. The van der Waals surface area contributed by atoms with Gasteiger partial charge in [0, 0.05) is 21.9 Å². The van der Waals surface area contributed by atoms with E-state index in [2.05, 4.69) is 68.2 Å². The van der Waals surface area contributed by atoms with Crippen molar-refractivity contribution in [1.82, 2.24) is 9.38 Å². The van der Waals surface area contributed by atoms with Crippen LogP contribution in [-0.4, -0.2) is 9.38 Å². The predicted octanol–water partition coefficient (Wildman–Crippen LogP) is 5.35. The van der Waals surface area contributed by atoms with Crippen molar-refractivity contribution >= 4 is 27.3 Å². The van der Waals surface area contributed by atoms with Gasteiger partial charge in [0.1, 0.15) is 5.65 Å². The van der Waals surface area contributed by atoms with E-state index in [1.807, 2.05) is 0 Å². The lowest BCUT2D eigenvalue weighted by Gasteiger charge is -2.42. The van der Waals surface area contributed by atoms with Crippen molar-refractivity contribution in [1.29, 1.82) is 0 Å². The minimum absolute atomic E-state index is 0.0160. The molecule has 5 rings (SSSR count). The second-order valence-electron chi connectivity index (χ2n) is 6.70. The number of para-hydroxylation sites is 1. The first-order valence-electron chi connectivity index (χ1n) is 8.33. The highest BCUT2D eigenvalue weighted by Gasteiger charge is 2.42. The monoisotopic (exact) mass is 367 g/mol. The van der Waals surface area contributed by atoms with E-state index in [-0.39, 0.29) is 5.54 Å². The van der Waals surface area contributed by atoms with Crippen molar-refractivity contribution in [2.24, 2.45) is 0 Å². The molecule has 0 saturated heterocycles. The van der Waals surface area contributed by atoms with E-state index in [9.17, 15) is 0 Å². The Morgan fingerprint density at radius 1 is 1.04 bits per heavy atom. The van der Waals surface area contributed by atoms with Gasteiger partial charge in [-0.2, -0.15) is 0 Å². The van der Waals surface area contributed by atoms with E-state index in [0.29, 0.717) is 0 Å². The van der Waals surface area contributed by atoms with Gasteiger partial charge in [0.2, 0.25) is 0 Å². The smallest absolute Gasteiger partial charge is 0.137 e. The zero-order chi connectivity index (χ0) is 15.4. The van der Waals surface area contributed by atoms with E-state index in [1.165, 1.54) is 49.0 Å². The van der Waals surface area contributed by atoms with E-state index >= 15 is 0 Å². The quantitative estimate of drug-likeness (QED) is 0.580. The topological polar surface area (TPSA) is 29.3 Å². The highest BCUT2D eigenvalue weighted by atomic mass is 79.9. The molecule has 4 heteroatoms. The lowest BCUT2D eigenvalue weighted by molar-refractivity contribution is 0.320. The third-order valence-corrected chi connectivity index (χ3v) is 5.77. The Kier molecular flexibility index (Phi) is 2.87. The molecule has 3 heterocycles. The Labute approximate surface area is 143 Å². The first kappa shape index (κ1) is 13.6. The van der Waals surface area contributed by atoms with Gasteiger partial charge in [-0.25, -0.2) is 4.98 Å². The first-order chi connectivity index (χ1) is 11.3. The first-order valence-corrected chi connectivity index (χ1v) is 9.12. The van der Waals surface area contributed by atoms with Gasteiger partial charge in [-0.15, -0.1) is 0 Å². The Hall–Kier alpha value is -1.81. The molecule has 23 heavy (non-hydrogen) atoms. The summed E-state index contributed by atoms with van der Waals surface area (Å²) in [4.78, 5) is 4.99. The Morgan fingerprint density at radius 2 is 1.87 bits per heavy atom. The fraction of sp³-hybridized carbons (Fsp3) is 0.316. The number of rotatable bonds is 0. The van der Waals surface area contributed by atoms with E-state index in [4.69, 9.17) is 4.98 Å². The van der Waals surface area contributed by atoms with Crippen LogP contribution in [0.5, 0.6) is 0 Å². The molecular weight excluding hydrogens is 350 g/mol. The summed E-state index contributed by atoms with van der Waals surface area (Å²) >= 11 is 3.62. The third kappa shape index (κ3) is 1.91. The van der Waals surface area contributed by atoms with Gasteiger partial charge >= 0.3 is 0 Å². The van der Waals surface area contributed by atoms with Gasteiger partial charge in [-0.3, -0.25) is 4.40 Å². The van der Waals surface area contributed by atoms with E-state index < -0.39 is 0 Å². The van der Waals surface area contributed by atoms with Crippen LogP contribution in [0.2, 0.25) is 0 Å². The molecule has 0 atom stereocenters. The zero-order valence-corrected chi connectivity index (χ0v) is 14.4. The lowest BCUT2D eigenvalue weighted by atomic mass is 9.75. The third-order valence-electron chi connectivity index (χ3n) is 5.30. The molecule has 1 saturated carbocycles. The minimum Gasteiger partial charge on any atom is -0.373 e. The number of nitrogens with one attached hydrogen (secondary N) is 1. The van der Waals surface area contributed by atoms with Crippen LogP contribution in [0.25, 0.3) is 16.9 Å². The molecule has 1 N–H and O–H groups in total. The van der Waals surface area contributed by atoms with Crippen molar-refractivity contribution in [3.8, 4) is 11.3 Å². The van der Waals surface area contributed by atoms with Gasteiger partial charge in [0.25, 0.3) is 0 Å². The van der Waals surface area contributed by atoms with Gasteiger partial charge < -0.3 is 5.32 Å². The maximum Gasteiger partial charge on any atom is 0.137 e. The van der Waals surface area contributed by atoms with E-state index in [1.54, 1.807) is 0 Å². The number of aromatic nitrogens is 2. The fourth-order valence-corrected chi connectivity index (χ4v) is 4.63. The molecule has 0 amide bonds. The largest absolute Gasteiger partial charge is 0.373 e. The number of fused-ring (bicyclic) bond motifs is 6. The Morgan fingerprint density at radius 3 is 2.74 bits per heavy atom. The summed E-state index contributed by atoms with van der Waals surface area (Å²) < 4.78 is 3.38. The molecule has 2 aromatic heterocycles. The number of pyridine rings is 1. The van der Waals surface area contributed by atoms with Crippen molar-refractivity contribution in [2.75, 3.05) is 5.32 Å². The second-order valence-corrected chi connectivity index (χ2v) is 7.61.